The highest BCUT2D eigenvalue weighted by molar-refractivity contribution is 5.87. The van der Waals surface area contributed by atoms with Crippen LogP contribution in [0.5, 0.6) is 0 Å². The second-order valence-corrected chi connectivity index (χ2v) is 5.49. The third-order valence-corrected chi connectivity index (χ3v) is 3.98. The quantitative estimate of drug-likeness (QED) is 0.777. The van der Waals surface area contributed by atoms with E-state index in [1.54, 1.807) is 19.2 Å². The molecule has 1 aromatic carbocycles. The summed E-state index contributed by atoms with van der Waals surface area (Å²) in [5.41, 5.74) is 1.09. The number of hydrogen-bond donors (Lipinski definition) is 3. The molecule has 2 unspecified atom stereocenters. The van der Waals surface area contributed by atoms with Crippen LogP contribution in [0.25, 0.3) is 0 Å². The molecule has 6 nitrogen and oxygen atoms in total. The normalized spacial score (nSPS) is 21.1. The number of carboxylic acids is 1. The number of methoxy groups -OCH3 is 1. The maximum atomic E-state index is 11.9. The van der Waals surface area contributed by atoms with Crippen molar-refractivity contribution >= 4 is 12.0 Å². The van der Waals surface area contributed by atoms with Gasteiger partial charge in [-0.15, -0.1) is 0 Å². The number of amides is 2. The molecule has 2 atom stereocenters. The minimum Gasteiger partial charge on any atom is -0.478 e. The van der Waals surface area contributed by atoms with Crippen LogP contribution in [-0.4, -0.2) is 36.4 Å². The summed E-state index contributed by atoms with van der Waals surface area (Å²) in [5.74, 6) is -0.958. The molecule has 0 bridgehead atoms. The second-order valence-electron chi connectivity index (χ2n) is 5.49. The Kier molecular flexibility index (Phi) is 5.77. The van der Waals surface area contributed by atoms with Gasteiger partial charge in [-0.05, 0) is 30.5 Å². The van der Waals surface area contributed by atoms with E-state index in [4.69, 9.17) is 9.84 Å². The summed E-state index contributed by atoms with van der Waals surface area (Å²) in [6.45, 7) is 0.357. The van der Waals surface area contributed by atoms with Gasteiger partial charge in [0, 0.05) is 13.7 Å². The Labute approximate surface area is 129 Å². The molecule has 2 amide bonds. The number of rotatable bonds is 5. The van der Waals surface area contributed by atoms with E-state index in [0.29, 0.717) is 6.54 Å². The number of urea groups is 1. The van der Waals surface area contributed by atoms with E-state index in [9.17, 15) is 9.59 Å². The van der Waals surface area contributed by atoms with Gasteiger partial charge in [-0.1, -0.05) is 25.0 Å². The van der Waals surface area contributed by atoms with E-state index < -0.39 is 5.97 Å². The number of nitrogens with one attached hydrogen (secondary N) is 2. The van der Waals surface area contributed by atoms with Gasteiger partial charge in [-0.3, -0.25) is 0 Å². The van der Waals surface area contributed by atoms with E-state index in [0.717, 1.165) is 31.2 Å². The van der Waals surface area contributed by atoms with Crippen LogP contribution in [-0.2, 0) is 11.3 Å². The number of hydrogen-bond acceptors (Lipinski definition) is 3. The minimum absolute atomic E-state index is 0.0492. The van der Waals surface area contributed by atoms with Crippen molar-refractivity contribution in [1.29, 1.82) is 0 Å². The molecule has 0 heterocycles. The fourth-order valence-corrected chi connectivity index (χ4v) is 2.71. The highest BCUT2D eigenvalue weighted by Gasteiger charge is 2.26. The lowest BCUT2D eigenvalue weighted by Gasteiger charge is -2.31. The van der Waals surface area contributed by atoms with Crippen molar-refractivity contribution in [1.82, 2.24) is 10.6 Å². The van der Waals surface area contributed by atoms with Crippen molar-refractivity contribution in [3.8, 4) is 0 Å². The van der Waals surface area contributed by atoms with Crippen molar-refractivity contribution < 1.29 is 19.4 Å². The molecule has 0 spiro atoms. The topological polar surface area (TPSA) is 87.7 Å². The van der Waals surface area contributed by atoms with E-state index >= 15 is 0 Å². The molecule has 1 aromatic rings. The van der Waals surface area contributed by atoms with Crippen LogP contribution in [0.15, 0.2) is 24.3 Å². The number of aromatic carboxylic acids is 1. The van der Waals surface area contributed by atoms with E-state index in [-0.39, 0.29) is 23.7 Å². The summed E-state index contributed by atoms with van der Waals surface area (Å²) in [4.78, 5) is 22.7. The van der Waals surface area contributed by atoms with Crippen LogP contribution in [0, 0.1) is 0 Å². The zero-order valence-electron chi connectivity index (χ0n) is 12.7. The lowest BCUT2D eigenvalue weighted by Crippen LogP contribution is -2.49. The van der Waals surface area contributed by atoms with Gasteiger partial charge >= 0.3 is 12.0 Å². The summed E-state index contributed by atoms with van der Waals surface area (Å²) in [6, 6.07) is 6.27. The summed E-state index contributed by atoms with van der Waals surface area (Å²) in [5, 5.41) is 14.6. The van der Waals surface area contributed by atoms with Crippen molar-refractivity contribution in [2.45, 2.75) is 44.4 Å². The van der Waals surface area contributed by atoms with Crippen LogP contribution in [0.4, 0.5) is 4.79 Å². The number of ether oxygens (including phenoxy) is 1. The molecule has 1 saturated carbocycles. The van der Waals surface area contributed by atoms with Crippen LogP contribution >= 0.6 is 0 Å². The van der Waals surface area contributed by atoms with Gasteiger partial charge in [0.1, 0.15) is 0 Å². The minimum atomic E-state index is -0.958. The molecule has 0 saturated heterocycles. The number of benzene rings is 1. The van der Waals surface area contributed by atoms with E-state index in [1.807, 2.05) is 0 Å². The fourth-order valence-electron chi connectivity index (χ4n) is 2.71. The summed E-state index contributed by atoms with van der Waals surface area (Å²) in [6.07, 6.45) is 4.21. The zero-order chi connectivity index (χ0) is 15.9. The van der Waals surface area contributed by atoms with E-state index in [1.165, 1.54) is 12.1 Å². The predicted octanol–water partition coefficient (Wildman–Crippen LogP) is 2.14. The molecule has 120 valence electrons. The first-order valence-electron chi connectivity index (χ1n) is 7.49. The van der Waals surface area contributed by atoms with Crippen molar-refractivity contribution in [3.05, 3.63) is 35.4 Å². The molecule has 6 heteroatoms. The Morgan fingerprint density at radius 2 is 1.91 bits per heavy atom. The molecule has 1 aliphatic carbocycles. The molecule has 0 aliphatic heterocycles. The van der Waals surface area contributed by atoms with Gasteiger partial charge in [0.05, 0.1) is 17.7 Å². The molecule has 1 aliphatic rings. The Morgan fingerprint density at radius 3 is 2.55 bits per heavy atom. The predicted molar refractivity (Wildman–Crippen MR) is 81.8 cm³/mol. The second kappa shape index (κ2) is 7.79. The van der Waals surface area contributed by atoms with E-state index in [2.05, 4.69) is 10.6 Å². The van der Waals surface area contributed by atoms with Gasteiger partial charge in [0.15, 0.2) is 0 Å². The SMILES string of the molecule is COC1CCCCC1NC(=O)NCc1ccc(C(=O)O)cc1. The third-order valence-electron chi connectivity index (χ3n) is 3.98. The fraction of sp³-hybridized carbons (Fsp3) is 0.500. The number of carbonyl (C=O) groups excluding carboxylic acids is 1. The van der Waals surface area contributed by atoms with Gasteiger partial charge in [0.25, 0.3) is 0 Å². The van der Waals surface area contributed by atoms with Crippen LogP contribution in [0.3, 0.4) is 0 Å². The highest BCUT2D eigenvalue weighted by atomic mass is 16.5. The smallest absolute Gasteiger partial charge is 0.335 e. The highest BCUT2D eigenvalue weighted by Crippen LogP contribution is 2.20. The Hall–Kier alpha value is -2.08. The molecule has 22 heavy (non-hydrogen) atoms. The maximum absolute atomic E-state index is 11.9. The standard InChI is InChI=1S/C16H22N2O4/c1-22-14-5-3-2-4-13(14)18-16(21)17-10-11-6-8-12(9-7-11)15(19)20/h6-9,13-14H,2-5,10H2,1H3,(H,19,20)(H2,17,18,21). The Bertz CT molecular complexity index is 515. The van der Waals surface area contributed by atoms with Gasteiger partial charge in [-0.25, -0.2) is 9.59 Å². The first-order valence-corrected chi connectivity index (χ1v) is 7.49. The summed E-state index contributed by atoms with van der Waals surface area (Å²) in [7, 11) is 1.67. The molecule has 2 rings (SSSR count). The maximum Gasteiger partial charge on any atom is 0.335 e. The number of carbonyl (C=O) groups is 2. The van der Waals surface area contributed by atoms with Gasteiger partial charge in [-0.2, -0.15) is 0 Å². The Morgan fingerprint density at radius 1 is 1.23 bits per heavy atom. The first kappa shape index (κ1) is 16.3. The average molecular weight is 306 g/mol. The third kappa shape index (κ3) is 4.46. The molecule has 0 radical (unpaired) electrons. The molecular formula is C16H22N2O4. The summed E-state index contributed by atoms with van der Waals surface area (Å²) < 4.78 is 5.40. The van der Waals surface area contributed by atoms with Crippen LogP contribution in [0.1, 0.15) is 41.6 Å². The average Bonchev–Trinajstić information content (AvgIpc) is 2.54. The molecule has 3 N–H and O–H groups in total. The van der Waals surface area contributed by atoms with Crippen molar-refractivity contribution in [2.24, 2.45) is 0 Å². The van der Waals surface area contributed by atoms with Crippen LogP contribution in [0.2, 0.25) is 0 Å². The number of carboxylic acid groups (broad SMARTS) is 1. The molecular weight excluding hydrogens is 284 g/mol. The van der Waals surface area contributed by atoms with Gasteiger partial charge < -0.3 is 20.5 Å². The molecule has 0 aromatic heterocycles. The lowest BCUT2D eigenvalue weighted by atomic mass is 9.92. The van der Waals surface area contributed by atoms with Gasteiger partial charge in [0.2, 0.25) is 0 Å². The summed E-state index contributed by atoms with van der Waals surface area (Å²) >= 11 is 0. The first-order chi connectivity index (χ1) is 10.6. The lowest BCUT2D eigenvalue weighted by molar-refractivity contribution is 0.0452. The largest absolute Gasteiger partial charge is 0.478 e. The molecule has 1 fully saturated rings. The Balaban J connectivity index is 1.80. The zero-order valence-corrected chi connectivity index (χ0v) is 12.7. The van der Waals surface area contributed by atoms with Crippen molar-refractivity contribution in [2.75, 3.05) is 7.11 Å². The monoisotopic (exact) mass is 306 g/mol. The van der Waals surface area contributed by atoms with Crippen molar-refractivity contribution in [3.63, 3.8) is 0 Å². The van der Waals surface area contributed by atoms with Crippen LogP contribution < -0.4 is 10.6 Å².